The van der Waals surface area contributed by atoms with E-state index < -0.39 is 0 Å². The number of allylic oxidation sites excluding steroid dienone is 1. The van der Waals surface area contributed by atoms with E-state index in [1.54, 1.807) is 12.0 Å². The predicted molar refractivity (Wildman–Crippen MR) is 107 cm³/mol. The largest absolute Gasteiger partial charge is 0.443 e. The molecule has 0 radical (unpaired) electrons. The molecule has 3 saturated heterocycles. The van der Waals surface area contributed by atoms with E-state index in [1.807, 2.05) is 0 Å². The van der Waals surface area contributed by atoms with Crippen molar-refractivity contribution in [2.24, 2.45) is 5.92 Å². The molecule has 0 bridgehead atoms. The monoisotopic (exact) mass is 409 g/mol. The first-order chi connectivity index (χ1) is 13.8. The summed E-state index contributed by atoms with van der Waals surface area (Å²) >= 11 is 0. The minimum atomic E-state index is -0.344. The topological polar surface area (TPSA) is 84.1 Å². The van der Waals surface area contributed by atoms with Crippen molar-refractivity contribution in [1.29, 1.82) is 0 Å². The number of aliphatic hydroxyl groups is 1. The predicted octanol–water partition coefficient (Wildman–Crippen LogP) is 2.66. The molecule has 164 valence electrons. The third-order valence-electron chi connectivity index (χ3n) is 7.31. The van der Waals surface area contributed by atoms with E-state index in [4.69, 9.17) is 18.9 Å². The van der Waals surface area contributed by atoms with E-state index in [1.165, 1.54) is 5.57 Å². The minimum absolute atomic E-state index is 0.0225. The van der Waals surface area contributed by atoms with Crippen molar-refractivity contribution in [2.45, 2.75) is 88.4 Å². The number of epoxide rings is 2. The lowest BCUT2D eigenvalue weighted by atomic mass is 9.68. The van der Waals surface area contributed by atoms with E-state index in [0.29, 0.717) is 19.6 Å². The highest BCUT2D eigenvalue weighted by Gasteiger charge is 2.72. The van der Waals surface area contributed by atoms with Gasteiger partial charge in [-0.05, 0) is 52.9 Å². The van der Waals surface area contributed by atoms with Gasteiger partial charge in [-0.2, -0.15) is 0 Å². The third kappa shape index (κ3) is 3.82. The Kier molecular flexibility index (Phi) is 5.70. The van der Waals surface area contributed by atoms with Gasteiger partial charge in [-0.1, -0.05) is 11.6 Å². The van der Waals surface area contributed by atoms with Gasteiger partial charge in [0.15, 0.2) is 0 Å². The van der Waals surface area contributed by atoms with Gasteiger partial charge >= 0.3 is 6.09 Å². The molecule has 7 heteroatoms. The average molecular weight is 410 g/mol. The minimum Gasteiger partial charge on any atom is -0.443 e. The van der Waals surface area contributed by atoms with Crippen LogP contribution in [0.3, 0.4) is 0 Å². The number of nitrogens with zero attached hydrogens (tertiary/aromatic N) is 1. The Labute approximate surface area is 173 Å². The zero-order chi connectivity index (χ0) is 20.8. The maximum Gasteiger partial charge on any atom is 0.410 e. The van der Waals surface area contributed by atoms with Gasteiger partial charge in [0.2, 0.25) is 0 Å². The molecule has 1 spiro atoms. The van der Waals surface area contributed by atoms with Gasteiger partial charge in [0, 0.05) is 13.7 Å². The number of likely N-dealkylation sites (tertiary alicyclic amines) is 1. The van der Waals surface area contributed by atoms with Crippen molar-refractivity contribution < 1.29 is 28.8 Å². The summed E-state index contributed by atoms with van der Waals surface area (Å²) in [4.78, 5) is 14.5. The van der Waals surface area contributed by atoms with Crippen LogP contribution in [0.4, 0.5) is 4.79 Å². The van der Waals surface area contributed by atoms with Gasteiger partial charge in [-0.25, -0.2) is 4.79 Å². The van der Waals surface area contributed by atoms with Gasteiger partial charge in [-0.15, -0.1) is 0 Å². The lowest BCUT2D eigenvalue weighted by Crippen LogP contribution is -2.56. The highest BCUT2D eigenvalue weighted by atomic mass is 16.6. The maximum atomic E-state index is 12.8. The molecule has 1 N–H and O–H groups in total. The average Bonchev–Trinajstić information content (AvgIpc) is 3.54. The molecule has 1 aliphatic carbocycles. The number of methoxy groups -OCH3 is 1. The number of ether oxygens (including phenoxy) is 4. The summed E-state index contributed by atoms with van der Waals surface area (Å²) in [5.74, 6) is 0.0225. The van der Waals surface area contributed by atoms with Crippen LogP contribution in [0.25, 0.3) is 0 Å². The molecule has 4 rings (SSSR count). The molecule has 1 amide bonds. The normalized spacial score (nSPS) is 43.3. The first-order valence-corrected chi connectivity index (χ1v) is 10.9. The SMILES string of the molecule is COC1C(OC(=O)N2CCC[C@H]2CO)CC[C@]2(CO2)C1C1(C)O[C@@H]1CC=C(C)C. The number of carbonyl (C=O) groups is 1. The quantitative estimate of drug-likeness (QED) is 0.536. The zero-order valence-electron chi connectivity index (χ0n) is 18.1. The Morgan fingerprint density at radius 2 is 2.10 bits per heavy atom. The summed E-state index contributed by atoms with van der Waals surface area (Å²) in [6, 6.07) is -0.140. The molecular formula is C22H35NO6. The van der Waals surface area contributed by atoms with E-state index in [2.05, 4.69) is 26.8 Å². The molecular weight excluding hydrogens is 374 g/mol. The fourth-order valence-corrected chi connectivity index (χ4v) is 5.53. The molecule has 0 aromatic rings. The van der Waals surface area contributed by atoms with Crippen LogP contribution in [0.15, 0.2) is 11.6 Å². The third-order valence-corrected chi connectivity index (χ3v) is 7.31. The van der Waals surface area contributed by atoms with Crippen molar-refractivity contribution in [3.05, 3.63) is 11.6 Å². The van der Waals surface area contributed by atoms with Gasteiger partial charge in [-0.3, -0.25) is 0 Å². The van der Waals surface area contributed by atoms with Crippen LogP contribution < -0.4 is 0 Å². The van der Waals surface area contributed by atoms with Crippen LogP contribution in [-0.4, -0.2) is 78.5 Å². The van der Waals surface area contributed by atoms with Gasteiger partial charge in [0.05, 0.1) is 31.3 Å². The lowest BCUT2D eigenvalue weighted by Gasteiger charge is -2.43. The smallest absolute Gasteiger partial charge is 0.410 e. The number of aliphatic hydroxyl groups excluding tert-OH is 1. The van der Waals surface area contributed by atoms with Crippen LogP contribution in [-0.2, 0) is 18.9 Å². The Bertz CT molecular complexity index is 658. The number of rotatable bonds is 6. The lowest BCUT2D eigenvalue weighted by molar-refractivity contribution is -0.122. The van der Waals surface area contributed by atoms with E-state index in [9.17, 15) is 9.90 Å². The Balaban J connectivity index is 1.48. The molecule has 0 aromatic carbocycles. The molecule has 7 nitrogen and oxygen atoms in total. The summed E-state index contributed by atoms with van der Waals surface area (Å²) in [7, 11) is 1.68. The van der Waals surface area contributed by atoms with Gasteiger partial charge < -0.3 is 29.0 Å². The van der Waals surface area contributed by atoms with Crippen LogP contribution in [0.5, 0.6) is 0 Å². The summed E-state index contributed by atoms with van der Waals surface area (Å²) in [5, 5.41) is 9.53. The molecule has 4 unspecified atom stereocenters. The summed E-state index contributed by atoms with van der Waals surface area (Å²) < 4.78 is 24.0. The highest BCUT2D eigenvalue weighted by molar-refractivity contribution is 5.68. The van der Waals surface area contributed by atoms with E-state index in [0.717, 1.165) is 25.7 Å². The van der Waals surface area contributed by atoms with Crippen molar-refractivity contribution in [3.8, 4) is 0 Å². The van der Waals surface area contributed by atoms with Crippen molar-refractivity contribution >= 4 is 6.09 Å². The zero-order valence-corrected chi connectivity index (χ0v) is 18.1. The Hall–Kier alpha value is -1.15. The molecule has 3 heterocycles. The molecule has 29 heavy (non-hydrogen) atoms. The first-order valence-electron chi connectivity index (χ1n) is 10.9. The molecule has 4 fully saturated rings. The number of hydrogen-bond acceptors (Lipinski definition) is 6. The second-order valence-electron chi connectivity index (χ2n) is 9.47. The van der Waals surface area contributed by atoms with Crippen LogP contribution in [0, 0.1) is 5.92 Å². The second kappa shape index (κ2) is 7.84. The Morgan fingerprint density at radius 3 is 2.72 bits per heavy atom. The maximum absolute atomic E-state index is 12.8. The van der Waals surface area contributed by atoms with Crippen LogP contribution >= 0.6 is 0 Å². The highest BCUT2D eigenvalue weighted by Crippen LogP contribution is 2.59. The number of amides is 1. The van der Waals surface area contributed by atoms with E-state index >= 15 is 0 Å². The standard InChI is InChI=1S/C22H35NO6/c1-14(2)7-8-17-21(3,29-17)19-18(26-4)16(9-10-22(19)13-27-22)28-20(25)23-11-5-6-15(23)12-24/h7,15-19,24H,5-6,8-13H2,1-4H3/t15-,16?,17+,18?,19?,21?,22-/m0/s1. The van der Waals surface area contributed by atoms with Gasteiger partial charge in [0.1, 0.15) is 23.4 Å². The van der Waals surface area contributed by atoms with E-state index in [-0.39, 0.29) is 54.2 Å². The number of hydrogen-bond donors (Lipinski definition) is 1. The molecule has 4 aliphatic rings. The summed E-state index contributed by atoms with van der Waals surface area (Å²) in [6.07, 6.45) is 5.54. The van der Waals surface area contributed by atoms with Crippen LogP contribution in [0.1, 0.15) is 52.9 Å². The van der Waals surface area contributed by atoms with Crippen molar-refractivity contribution in [1.82, 2.24) is 4.90 Å². The molecule has 3 aliphatic heterocycles. The molecule has 0 aromatic heterocycles. The fourth-order valence-electron chi connectivity index (χ4n) is 5.53. The van der Waals surface area contributed by atoms with Gasteiger partial charge in [0.25, 0.3) is 0 Å². The summed E-state index contributed by atoms with van der Waals surface area (Å²) in [6.45, 7) is 7.66. The Morgan fingerprint density at radius 1 is 1.34 bits per heavy atom. The number of carbonyl (C=O) groups excluding carboxylic acids is 1. The fraction of sp³-hybridized carbons (Fsp3) is 0.864. The molecule has 1 saturated carbocycles. The van der Waals surface area contributed by atoms with Crippen molar-refractivity contribution in [2.75, 3.05) is 26.9 Å². The van der Waals surface area contributed by atoms with Crippen LogP contribution in [0.2, 0.25) is 0 Å². The first kappa shape index (κ1) is 21.1. The molecule has 7 atom stereocenters. The van der Waals surface area contributed by atoms with Crippen molar-refractivity contribution in [3.63, 3.8) is 0 Å². The summed E-state index contributed by atoms with van der Waals surface area (Å²) in [5.41, 5.74) is 0.720. The second-order valence-corrected chi connectivity index (χ2v) is 9.47.